The summed E-state index contributed by atoms with van der Waals surface area (Å²) in [5.74, 6) is 0.366. The molecule has 0 bridgehead atoms. The van der Waals surface area contributed by atoms with Crippen LogP contribution >= 0.6 is 27.7 Å². The molecule has 0 aliphatic heterocycles. The molecule has 23 heavy (non-hydrogen) atoms. The molecule has 2 heterocycles. The van der Waals surface area contributed by atoms with Crippen LogP contribution in [-0.2, 0) is 16.6 Å². The monoisotopic (exact) mass is 394 g/mol. The first-order chi connectivity index (χ1) is 11.1. The maximum absolute atomic E-state index is 11.3. The molecule has 0 aliphatic rings. The van der Waals surface area contributed by atoms with Gasteiger partial charge >= 0.3 is 5.97 Å². The van der Waals surface area contributed by atoms with Gasteiger partial charge in [-0.25, -0.2) is 4.98 Å². The number of carbonyl (C=O) groups excluding carboxylic acids is 1. The van der Waals surface area contributed by atoms with Crippen LogP contribution in [0.1, 0.15) is 13.3 Å². The fraction of sp³-hybridized carbons (Fsp3) is 0.333. The van der Waals surface area contributed by atoms with E-state index >= 15 is 0 Å². The lowest BCUT2D eigenvalue weighted by molar-refractivity contribution is -0.142. The minimum absolute atomic E-state index is 0.205. The second-order valence-electron chi connectivity index (χ2n) is 4.89. The Morgan fingerprint density at radius 2 is 2.22 bits per heavy atom. The number of halogens is 1. The van der Waals surface area contributed by atoms with Crippen molar-refractivity contribution in [3.05, 3.63) is 22.7 Å². The van der Waals surface area contributed by atoms with Crippen molar-refractivity contribution in [1.29, 1.82) is 0 Å². The van der Waals surface area contributed by atoms with E-state index in [1.165, 1.54) is 11.8 Å². The summed E-state index contributed by atoms with van der Waals surface area (Å²) in [6.07, 6.45) is 0.335. The number of hydrogen-bond acceptors (Lipinski definition) is 6. The highest BCUT2D eigenvalue weighted by Crippen LogP contribution is 2.28. The van der Waals surface area contributed by atoms with Crippen LogP contribution in [0.15, 0.2) is 27.8 Å². The highest BCUT2D eigenvalue weighted by atomic mass is 79.9. The third-order valence-electron chi connectivity index (χ3n) is 3.38. The molecule has 120 valence electrons. The Morgan fingerprint density at radius 1 is 1.39 bits per heavy atom. The molecular formula is C15H15BrN4O2S. The molecule has 0 amide bonds. The first kappa shape index (κ1) is 16.2. The second-order valence-corrected chi connectivity index (χ2v) is 6.87. The standard InChI is InChI=1S/C15H15BrN4O2S/c1-3-22-12(21)6-7-23-15-17-14-13(18-19-15)10-8-9(16)4-5-11(10)20(14)2/h4-5,8H,3,6-7H2,1-2H3. The molecule has 2 aromatic heterocycles. The number of benzene rings is 1. The molecule has 0 spiro atoms. The van der Waals surface area contributed by atoms with Gasteiger partial charge in [0.15, 0.2) is 5.65 Å². The van der Waals surface area contributed by atoms with E-state index in [-0.39, 0.29) is 5.97 Å². The van der Waals surface area contributed by atoms with Gasteiger partial charge in [0.25, 0.3) is 0 Å². The van der Waals surface area contributed by atoms with Crippen molar-refractivity contribution in [3.63, 3.8) is 0 Å². The number of aryl methyl sites for hydroxylation is 1. The topological polar surface area (TPSA) is 69.9 Å². The third-order valence-corrected chi connectivity index (χ3v) is 4.72. The van der Waals surface area contributed by atoms with Crippen molar-refractivity contribution in [2.45, 2.75) is 18.5 Å². The molecule has 0 atom stereocenters. The predicted octanol–water partition coefficient (Wildman–Crippen LogP) is 3.32. The molecule has 3 rings (SSSR count). The number of aromatic nitrogens is 4. The largest absolute Gasteiger partial charge is 0.466 e. The number of hydrogen-bond donors (Lipinski definition) is 0. The molecule has 0 saturated carbocycles. The van der Waals surface area contributed by atoms with E-state index in [1.807, 2.05) is 29.8 Å². The molecule has 0 fully saturated rings. The van der Waals surface area contributed by atoms with Gasteiger partial charge in [0, 0.05) is 22.7 Å². The minimum Gasteiger partial charge on any atom is -0.466 e. The molecule has 3 aromatic rings. The molecule has 8 heteroatoms. The zero-order valence-corrected chi connectivity index (χ0v) is 15.1. The molecule has 0 aliphatic carbocycles. The Morgan fingerprint density at radius 3 is 3.00 bits per heavy atom. The molecule has 0 N–H and O–H groups in total. The van der Waals surface area contributed by atoms with Gasteiger partial charge in [-0.15, -0.1) is 10.2 Å². The fourth-order valence-corrected chi connectivity index (χ4v) is 3.40. The number of esters is 1. The molecular weight excluding hydrogens is 380 g/mol. The van der Waals surface area contributed by atoms with Crippen LogP contribution in [-0.4, -0.2) is 38.1 Å². The minimum atomic E-state index is -0.205. The van der Waals surface area contributed by atoms with Crippen LogP contribution in [0.3, 0.4) is 0 Å². The normalized spacial score (nSPS) is 11.3. The predicted molar refractivity (Wildman–Crippen MR) is 93.5 cm³/mol. The third kappa shape index (κ3) is 3.32. The molecule has 0 saturated heterocycles. The number of rotatable bonds is 5. The summed E-state index contributed by atoms with van der Waals surface area (Å²) in [4.78, 5) is 15.9. The van der Waals surface area contributed by atoms with Crippen molar-refractivity contribution in [2.75, 3.05) is 12.4 Å². The second kappa shape index (κ2) is 6.84. The summed E-state index contributed by atoms with van der Waals surface area (Å²) in [7, 11) is 1.96. The van der Waals surface area contributed by atoms with Gasteiger partial charge < -0.3 is 9.30 Å². The van der Waals surface area contributed by atoms with Crippen molar-refractivity contribution in [3.8, 4) is 0 Å². The van der Waals surface area contributed by atoms with Gasteiger partial charge in [0.2, 0.25) is 5.16 Å². The molecule has 1 aromatic carbocycles. The summed E-state index contributed by atoms with van der Waals surface area (Å²) < 4.78 is 7.90. The summed E-state index contributed by atoms with van der Waals surface area (Å²) in [6, 6.07) is 6.03. The van der Waals surface area contributed by atoms with E-state index < -0.39 is 0 Å². The van der Waals surface area contributed by atoms with E-state index in [1.54, 1.807) is 6.92 Å². The van der Waals surface area contributed by atoms with Crippen LogP contribution in [0, 0.1) is 0 Å². The Bertz CT molecular complexity index is 881. The summed E-state index contributed by atoms with van der Waals surface area (Å²) in [6.45, 7) is 2.20. The highest BCUT2D eigenvalue weighted by Gasteiger charge is 2.13. The number of carbonyl (C=O) groups is 1. The van der Waals surface area contributed by atoms with Crippen molar-refractivity contribution in [1.82, 2.24) is 19.7 Å². The van der Waals surface area contributed by atoms with Gasteiger partial charge in [0.05, 0.1) is 18.5 Å². The molecule has 0 unspecified atom stereocenters. The van der Waals surface area contributed by atoms with Crippen LogP contribution in [0.4, 0.5) is 0 Å². The van der Waals surface area contributed by atoms with E-state index in [2.05, 4.69) is 31.1 Å². The number of nitrogens with zero attached hydrogens (tertiary/aromatic N) is 4. The maximum Gasteiger partial charge on any atom is 0.306 e. The number of fused-ring (bicyclic) bond motifs is 3. The van der Waals surface area contributed by atoms with Gasteiger partial charge in [-0.3, -0.25) is 4.79 Å². The lowest BCUT2D eigenvalue weighted by Gasteiger charge is -2.01. The first-order valence-corrected chi connectivity index (χ1v) is 8.94. The lowest BCUT2D eigenvalue weighted by Crippen LogP contribution is -2.05. The summed E-state index contributed by atoms with van der Waals surface area (Å²) >= 11 is 4.88. The zero-order valence-electron chi connectivity index (χ0n) is 12.7. The number of ether oxygens (including phenoxy) is 1. The Hall–Kier alpha value is -1.67. The maximum atomic E-state index is 11.3. The molecule has 0 radical (unpaired) electrons. The Kier molecular flexibility index (Phi) is 4.82. The average Bonchev–Trinajstić information content (AvgIpc) is 2.80. The first-order valence-electron chi connectivity index (χ1n) is 7.17. The van der Waals surface area contributed by atoms with Crippen molar-refractivity contribution < 1.29 is 9.53 Å². The quantitative estimate of drug-likeness (QED) is 0.488. The zero-order chi connectivity index (χ0) is 16.4. The highest BCUT2D eigenvalue weighted by molar-refractivity contribution is 9.10. The Balaban J connectivity index is 1.86. The van der Waals surface area contributed by atoms with Crippen LogP contribution < -0.4 is 0 Å². The van der Waals surface area contributed by atoms with Crippen LogP contribution in [0.5, 0.6) is 0 Å². The van der Waals surface area contributed by atoms with Gasteiger partial charge in [-0.1, -0.05) is 27.7 Å². The molecule has 6 nitrogen and oxygen atoms in total. The van der Waals surface area contributed by atoms with Crippen LogP contribution in [0.2, 0.25) is 0 Å². The lowest BCUT2D eigenvalue weighted by atomic mass is 10.2. The van der Waals surface area contributed by atoms with Crippen LogP contribution in [0.25, 0.3) is 22.1 Å². The number of thioether (sulfide) groups is 1. The average molecular weight is 395 g/mol. The van der Waals surface area contributed by atoms with Gasteiger partial charge in [0.1, 0.15) is 5.52 Å². The Labute approximate surface area is 145 Å². The van der Waals surface area contributed by atoms with E-state index in [4.69, 9.17) is 4.74 Å². The van der Waals surface area contributed by atoms with Crippen molar-refractivity contribution in [2.24, 2.45) is 7.05 Å². The van der Waals surface area contributed by atoms with E-state index in [0.29, 0.717) is 23.9 Å². The summed E-state index contributed by atoms with van der Waals surface area (Å²) in [5, 5.41) is 10.1. The van der Waals surface area contributed by atoms with E-state index in [0.717, 1.165) is 26.5 Å². The smallest absolute Gasteiger partial charge is 0.306 e. The van der Waals surface area contributed by atoms with Gasteiger partial charge in [-0.2, -0.15) is 0 Å². The van der Waals surface area contributed by atoms with Crippen molar-refractivity contribution >= 4 is 55.7 Å². The van der Waals surface area contributed by atoms with Gasteiger partial charge in [-0.05, 0) is 25.1 Å². The van der Waals surface area contributed by atoms with E-state index in [9.17, 15) is 4.79 Å². The summed E-state index contributed by atoms with van der Waals surface area (Å²) in [5.41, 5.74) is 2.61. The fourth-order valence-electron chi connectivity index (χ4n) is 2.34. The SMILES string of the molecule is CCOC(=O)CCSc1nnc2c3cc(Br)ccc3n(C)c2n1.